The number of anilines is 2. The van der Waals surface area contributed by atoms with Gasteiger partial charge < -0.3 is 10.2 Å². The molecule has 3 atom stereocenters. The van der Waals surface area contributed by atoms with E-state index in [0.717, 1.165) is 49.3 Å². The molecule has 0 aromatic carbocycles. The fourth-order valence-electron chi connectivity index (χ4n) is 5.42. The van der Waals surface area contributed by atoms with Crippen molar-refractivity contribution in [3.63, 3.8) is 0 Å². The minimum atomic E-state index is 0.466. The Morgan fingerprint density at radius 3 is 2.39 bits per heavy atom. The summed E-state index contributed by atoms with van der Waals surface area (Å²) in [5, 5.41) is 3.70. The molecule has 0 radical (unpaired) electrons. The highest BCUT2D eigenvalue weighted by Crippen LogP contribution is 2.35. The summed E-state index contributed by atoms with van der Waals surface area (Å²) in [7, 11) is 0. The van der Waals surface area contributed by atoms with E-state index in [4.69, 9.17) is 4.98 Å². The van der Waals surface area contributed by atoms with Gasteiger partial charge >= 0.3 is 0 Å². The highest BCUT2D eigenvalue weighted by molar-refractivity contribution is 5.43. The van der Waals surface area contributed by atoms with Crippen LogP contribution in [0.15, 0.2) is 12.3 Å². The van der Waals surface area contributed by atoms with Crippen LogP contribution in [0.1, 0.15) is 71.6 Å². The molecule has 4 rings (SSSR count). The van der Waals surface area contributed by atoms with E-state index in [-0.39, 0.29) is 0 Å². The highest BCUT2D eigenvalue weighted by Gasteiger charge is 2.33. The molecule has 156 valence electrons. The van der Waals surface area contributed by atoms with Crippen LogP contribution in [0.5, 0.6) is 0 Å². The van der Waals surface area contributed by atoms with E-state index in [1.54, 1.807) is 0 Å². The first-order valence-corrected chi connectivity index (χ1v) is 11.8. The van der Waals surface area contributed by atoms with E-state index in [2.05, 4.69) is 40.0 Å². The Balaban J connectivity index is 1.39. The van der Waals surface area contributed by atoms with Gasteiger partial charge in [0.2, 0.25) is 5.95 Å². The Morgan fingerprint density at radius 2 is 1.64 bits per heavy atom. The molecule has 3 unspecified atom stereocenters. The van der Waals surface area contributed by atoms with E-state index in [0.29, 0.717) is 6.04 Å². The van der Waals surface area contributed by atoms with Crippen molar-refractivity contribution < 1.29 is 0 Å². The molecular formula is C23H39N5. The van der Waals surface area contributed by atoms with Crippen molar-refractivity contribution in [3.05, 3.63) is 12.3 Å². The molecule has 5 heteroatoms. The number of nitrogens with zero attached hydrogens (tertiary/aromatic N) is 4. The first-order chi connectivity index (χ1) is 13.7. The van der Waals surface area contributed by atoms with Gasteiger partial charge in [0.05, 0.1) is 0 Å². The SMILES string of the molecule is CC1CC(N2CCCCC(Nc3nccc(N4CCCCCC4)n3)C2)CC1C. The molecule has 0 amide bonds. The average Bonchev–Trinajstić information content (AvgIpc) is 2.94. The van der Waals surface area contributed by atoms with Crippen molar-refractivity contribution in [2.75, 3.05) is 36.4 Å². The molecule has 28 heavy (non-hydrogen) atoms. The predicted molar refractivity (Wildman–Crippen MR) is 117 cm³/mol. The third kappa shape index (κ3) is 4.97. The molecular weight excluding hydrogens is 346 g/mol. The van der Waals surface area contributed by atoms with Gasteiger partial charge in [-0.15, -0.1) is 0 Å². The summed E-state index contributed by atoms with van der Waals surface area (Å²) in [6, 6.07) is 3.32. The standard InChI is InChI=1S/C23H39N5/c1-18-15-21(16-19(18)2)28-14-8-5-9-20(17-28)25-23-24-11-10-22(26-23)27-12-6-3-4-7-13-27/h10-11,18-21H,3-9,12-17H2,1-2H3,(H,24,25,26). The quantitative estimate of drug-likeness (QED) is 0.823. The normalized spacial score (nSPS) is 32.7. The Labute approximate surface area is 171 Å². The van der Waals surface area contributed by atoms with Crippen LogP contribution >= 0.6 is 0 Å². The van der Waals surface area contributed by atoms with Gasteiger partial charge in [0.1, 0.15) is 5.82 Å². The lowest BCUT2D eigenvalue weighted by Gasteiger charge is -2.30. The largest absolute Gasteiger partial charge is 0.356 e. The van der Waals surface area contributed by atoms with Crippen molar-refractivity contribution in [3.8, 4) is 0 Å². The third-order valence-corrected chi connectivity index (χ3v) is 7.38. The van der Waals surface area contributed by atoms with Crippen molar-refractivity contribution in [2.45, 2.75) is 83.7 Å². The molecule has 1 saturated carbocycles. The van der Waals surface area contributed by atoms with Crippen molar-refractivity contribution >= 4 is 11.8 Å². The summed E-state index contributed by atoms with van der Waals surface area (Å²) >= 11 is 0. The Bertz CT molecular complexity index is 603. The van der Waals surface area contributed by atoms with Gasteiger partial charge in [0.15, 0.2) is 0 Å². The smallest absolute Gasteiger partial charge is 0.224 e. The van der Waals surface area contributed by atoms with E-state index in [9.17, 15) is 0 Å². The fraction of sp³-hybridized carbons (Fsp3) is 0.826. The van der Waals surface area contributed by atoms with Crippen LogP contribution in [-0.4, -0.2) is 53.1 Å². The van der Waals surface area contributed by atoms with Crippen molar-refractivity contribution in [1.82, 2.24) is 14.9 Å². The van der Waals surface area contributed by atoms with Crippen LogP contribution in [0.3, 0.4) is 0 Å². The van der Waals surface area contributed by atoms with Gasteiger partial charge in [-0.25, -0.2) is 4.98 Å². The number of aromatic nitrogens is 2. The summed E-state index contributed by atoms with van der Waals surface area (Å²) in [6.45, 7) is 9.52. The second kappa shape index (κ2) is 9.43. The molecule has 1 aromatic heterocycles. The number of nitrogens with one attached hydrogen (secondary N) is 1. The van der Waals surface area contributed by atoms with Gasteiger partial charge in [-0.2, -0.15) is 4.98 Å². The maximum absolute atomic E-state index is 4.89. The summed E-state index contributed by atoms with van der Waals surface area (Å²) in [4.78, 5) is 14.7. The van der Waals surface area contributed by atoms with E-state index < -0.39 is 0 Å². The first-order valence-electron chi connectivity index (χ1n) is 11.8. The molecule has 0 bridgehead atoms. The average molecular weight is 386 g/mol. The monoisotopic (exact) mass is 385 g/mol. The zero-order valence-electron chi connectivity index (χ0n) is 17.9. The molecule has 5 nitrogen and oxygen atoms in total. The minimum Gasteiger partial charge on any atom is -0.356 e. The number of hydrogen-bond acceptors (Lipinski definition) is 5. The van der Waals surface area contributed by atoms with Gasteiger partial charge in [-0.05, 0) is 63.0 Å². The lowest BCUT2D eigenvalue weighted by atomic mass is 10.0. The summed E-state index contributed by atoms with van der Waals surface area (Å²) < 4.78 is 0. The zero-order chi connectivity index (χ0) is 19.3. The molecule has 1 aromatic rings. The lowest BCUT2D eigenvalue weighted by Crippen LogP contribution is -2.41. The maximum atomic E-state index is 4.89. The Kier molecular flexibility index (Phi) is 6.71. The molecule has 1 aliphatic carbocycles. The molecule has 1 N–H and O–H groups in total. The highest BCUT2D eigenvalue weighted by atomic mass is 15.2. The van der Waals surface area contributed by atoms with Crippen molar-refractivity contribution in [2.24, 2.45) is 11.8 Å². The molecule has 2 saturated heterocycles. The second-order valence-corrected chi connectivity index (χ2v) is 9.55. The number of rotatable bonds is 4. The predicted octanol–water partition coefficient (Wildman–Crippen LogP) is 4.56. The molecule has 3 heterocycles. The second-order valence-electron chi connectivity index (χ2n) is 9.55. The van der Waals surface area contributed by atoms with Crippen LogP contribution in [-0.2, 0) is 0 Å². The van der Waals surface area contributed by atoms with E-state index in [1.807, 2.05) is 6.20 Å². The Hall–Kier alpha value is -1.36. The van der Waals surface area contributed by atoms with Crippen LogP contribution < -0.4 is 10.2 Å². The molecule has 3 aliphatic rings. The maximum Gasteiger partial charge on any atom is 0.224 e. The molecule has 2 aliphatic heterocycles. The van der Waals surface area contributed by atoms with Gasteiger partial charge in [0, 0.05) is 37.9 Å². The molecule has 3 fully saturated rings. The van der Waals surface area contributed by atoms with Gasteiger partial charge in [0.25, 0.3) is 0 Å². The van der Waals surface area contributed by atoms with Crippen molar-refractivity contribution in [1.29, 1.82) is 0 Å². The summed E-state index contributed by atoms with van der Waals surface area (Å²) in [5.74, 6) is 3.66. The topological polar surface area (TPSA) is 44.3 Å². The summed E-state index contributed by atoms with van der Waals surface area (Å²) in [6.07, 6.45) is 13.8. The lowest BCUT2D eigenvalue weighted by molar-refractivity contribution is 0.196. The first kappa shape index (κ1) is 19.9. The van der Waals surface area contributed by atoms with Gasteiger partial charge in [-0.3, -0.25) is 4.90 Å². The van der Waals surface area contributed by atoms with E-state index in [1.165, 1.54) is 64.3 Å². The van der Waals surface area contributed by atoms with Gasteiger partial charge in [-0.1, -0.05) is 33.1 Å². The number of hydrogen-bond donors (Lipinski definition) is 1. The Morgan fingerprint density at radius 1 is 0.929 bits per heavy atom. The zero-order valence-corrected chi connectivity index (χ0v) is 17.9. The minimum absolute atomic E-state index is 0.466. The summed E-state index contributed by atoms with van der Waals surface area (Å²) in [5.41, 5.74) is 0. The third-order valence-electron chi connectivity index (χ3n) is 7.38. The van der Waals surface area contributed by atoms with Crippen LogP contribution in [0.4, 0.5) is 11.8 Å². The van der Waals surface area contributed by atoms with Crippen LogP contribution in [0, 0.1) is 11.8 Å². The van der Waals surface area contributed by atoms with E-state index >= 15 is 0 Å². The fourth-order valence-corrected chi connectivity index (χ4v) is 5.42. The van der Waals surface area contributed by atoms with Crippen LogP contribution in [0.25, 0.3) is 0 Å². The number of likely N-dealkylation sites (tertiary alicyclic amines) is 1. The molecule has 0 spiro atoms. The van der Waals surface area contributed by atoms with Crippen LogP contribution in [0.2, 0.25) is 0 Å².